The van der Waals surface area contributed by atoms with E-state index in [2.05, 4.69) is 17.2 Å². The fourth-order valence-corrected chi connectivity index (χ4v) is 5.07. The maximum Gasteiger partial charge on any atom is 0.410 e. The van der Waals surface area contributed by atoms with Crippen LogP contribution in [0, 0.1) is 5.41 Å². The molecular formula is C20H31N3O4S. The van der Waals surface area contributed by atoms with Crippen molar-refractivity contribution in [3.05, 3.63) is 16.6 Å². The molecule has 0 radical (unpaired) electrons. The van der Waals surface area contributed by atoms with Gasteiger partial charge in [-0.25, -0.2) is 4.79 Å². The molecule has 2 aliphatic rings. The number of aliphatic hydroxyl groups excluding tert-OH is 1. The first-order valence-electron chi connectivity index (χ1n) is 9.98. The molecule has 1 aliphatic carbocycles. The average Bonchev–Trinajstić information content (AvgIpc) is 3.19. The molecule has 2 heterocycles. The van der Waals surface area contributed by atoms with E-state index in [-0.39, 0.29) is 24.1 Å². The van der Waals surface area contributed by atoms with Crippen LogP contribution >= 0.6 is 11.3 Å². The zero-order chi connectivity index (χ0) is 20.5. The molecule has 8 heteroatoms. The Hall–Kier alpha value is -1.67. The second-order valence-corrected chi connectivity index (χ2v) is 10.0. The highest BCUT2D eigenvalue weighted by Gasteiger charge is 2.55. The molecule has 1 saturated carbocycles. The number of carbonyl (C=O) groups is 2. The van der Waals surface area contributed by atoms with Crippen molar-refractivity contribution in [2.24, 2.45) is 5.41 Å². The fourth-order valence-electron chi connectivity index (χ4n) is 4.53. The van der Waals surface area contributed by atoms with Crippen LogP contribution in [0.5, 0.6) is 0 Å². The molecule has 156 valence electrons. The molecule has 4 atom stereocenters. The third-order valence-corrected chi connectivity index (χ3v) is 6.66. The quantitative estimate of drug-likeness (QED) is 0.800. The molecule has 1 aromatic heterocycles. The van der Waals surface area contributed by atoms with Gasteiger partial charge in [-0.1, -0.05) is 19.8 Å². The number of fused-ring (bicyclic) bond motifs is 1. The molecule has 1 aromatic rings. The molecule has 1 aliphatic heterocycles. The maximum atomic E-state index is 13.1. The number of thiazole rings is 1. The summed E-state index contributed by atoms with van der Waals surface area (Å²) in [5, 5.41) is 13.8. The van der Waals surface area contributed by atoms with E-state index < -0.39 is 17.1 Å². The van der Waals surface area contributed by atoms with Gasteiger partial charge in [0.05, 0.1) is 23.9 Å². The first-order valence-corrected chi connectivity index (χ1v) is 10.9. The smallest absolute Gasteiger partial charge is 0.410 e. The van der Waals surface area contributed by atoms with E-state index in [1.54, 1.807) is 10.4 Å². The number of likely N-dealkylation sites (tertiary alicyclic amines) is 1. The number of aliphatic hydroxyl groups is 1. The monoisotopic (exact) mass is 409 g/mol. The van der Waals surface area contributed by atoms with Gasteiger partial charge in [-0.15, -0.1) is 11.3 Å². The van der Waals surface area contributed by atoms with E-state index in [0.29, 0.717) is 17.8 Å². The Morgan fingerprint density at radius 3 is 2.75 bits per heavy atom. The lowest BCUT2D eigenvalue weighted by Crippen LogP contribution is -2.50. The van der Waals surface area contributed by atoms with Crippen molar-refractivity contribution in [2.45, 2.75) is 83.6 Å². The van der Waals surface area contributed by atoms with Crippen molar-refractivity contribution < 1.29 is 19.4 Å². The van der Waals surface area contributed by atoms with Crippen LogP contribution in [0.2, 0.25) is 0 Å². The number of rotatable bonds is 3. The Balaban J connectivity index is 1.81. The second kappa shape index (κ2) is 7.99. The minimum atomic E-state index is -0.601. The Kier molecular flexibility index (Phi) is 6.00. The van der Waals surface area contributed by atoms with E-state index in [1.165, 1.54) is 17.5 Å². The second-order valence-electron chi connectivity index (χ2n) is 9.14. The highest BCUT2D eigenvalue weighted by Crippen LogP contribution is 2.48. The fraction of sp³-hybridized carbons (Fsp3) is 0.750. The average molecular weight is 410 g/mol. The lowest BCUT2D eigenvalue weighted by Gasteiger charge is -2.37. The summed E-state index contributed by atoms with van der Waals surface area (Å²) in [5.74, 6) is -0.190. The largest absolute Gasteiger partial charge is 0.444 e. The van der Waals surface area contributed by atoms with Crippen molar-refractivity contribution in [1.29, 1.82) is 0 Å². The van der Waals surface area contributed by atoms with E-state index in [4.69, 9.17) is 4.74 Å². The molecule has 7 nitrogen and oxygen atoms in total. The van der Waals surface area contributed by atoms with Gasteiger partial charge in [0.2, 0.25) is 0 Å². The minimum absolute atomic E-state index is 0.0924. The van der Waals surface area contributed by atoms with Gasteiger partial charge < -0.3 is 15.2 Å². The number of aromatic nitrogens is 1. The summed E-state index contributed by atoms with van der Waals surface area (Å²) >= 11 is 1.28. The highest BCUT2D eigenvalue weighted by atomic mass is 32.1. The van der Waals surface area contributed by atoms with Gasteiger partial charge in [0.15, 0.2) is 0 Å². The predicted octanol–water partition coefficient (Wildman–Crippen LogP) is 3.19. The molecule has 1 saturated heterocycles. The number of amides is 2. The number of hydrogen-bond acceptors (Lipinski definition) is 6. The van der Waals surface area contributed by atoms with E-state index in [9.17, 15) is 14.7 Å². The van der Waals surface area contributed by atoms with Crippen LogP contribution < -0.4 is 5.32 Å². The summed E-state index contributed by atoms with van der Waals surface area (Å²) in [6.07, 6.45) is 4.86. The Morgan fingerprint density at radius 1 is 1.39 bits per heavy atom. The normalized spacial score (nSPS) is 30.5. The Morgan fingerprint density at radius 2 is 2.11 bits per heavy atom. The molecule has 2 amide bonds. The topological polar surface area (TPSA) is 91.8 Å². The highest BCUT2D eigenvalue weighted by molar-refractivity contribution is 7.11. The summed E-state index contributed by atoms with van der Waals surface area (Å²) in [7, 11) is 0. The summed E-state index contributed by atoms with van der Waals surface area (Å²) in [6.45, 7) is 7.94. The van der Waals surface area contributed by atoms with Gasteiger partial charge in [-0.2, -0.15) is 0 Å². The van der Waals surface area contributed by atoms with E-state index >= 15 is 0 Å². The lowest BCUT2D eigenvalue weighted by atomic mass is 9.75. The molecule has 0 spiro atoms. The molecule has 0 bridgehead atoms. The van der Waals surface area contributed by atoms with E-state index in [1.807, 2.05) is 20.8 Å². The zero-order valence-electron chi connectivity index (χ0n) is 17.1. The summed E-state index contributed by atoms with van der Waals surface area (Å²) in [5.41, 5.74) is 0.621. The van der Waals surface area contributed by atoms with Crippen molar-refractivity contribution in [2.75, 3.05) is 6.54 Å². The van der Waals surface area contributed by atoms with Crippen molar-refractivity contribution in [3.8, 4) is 0 Å². The summed E-state index contributed by atoms with van der Waals surface area (Å²) < 4.78 is 5.69. The van der Waals surface area contributed by atoms with Crippen LogP contribution in [0.15, 0.2) is 11.7 Å². The third-order valence-electron chi connectivity index (χ3n) is 5.89. The minimum Gasteiger partial charge on any atom is -0.444 e. The number of hydrogen-bond donors (Lipinski definition) is 2. The number of ether oxygens (including phenoxy) is 1. The molecule has 3 rings (SSSR count). The van der Waals surface area contributed by atoms with Crippen LogP contribution in [-0.2, 0) is 4.74 Å². The lowest BCUT2D eigenvalue weighted by molar-refractivity contribution is -0.00901. The summed E-state index contributed by atoms with van der Waals surface area (Å²) in [4.78, 5) is 31.7. The van der Waals surface area contributed by atoms with Gasteiger partial charge in [-0.05, 0) is 40.0 Å². The van der Waals surface area contributed by atoms with Crippen molar-refractivity contribution in [1.82, 2.24) is 15.2 Å². The zero-order valence-corrected chi connectivity index (χ0v) is 17.9. The predicted molar refractivity (Wildman–Crippen MR) is 107 cm³/mol. The van der Waals surface area contributed by atoms with E-state index in [0.717, 1.165) is 25.7 Å². The maximum absolute atomic E-state index is 13.1. The van der Waals surface area contributed by atoms with Gasteiger partial charge in [0, 0.05) is 18.0 Å². The molecule has 28 heavy (non-hydrogen) atoms. The van der Waals surface area contributed by atoms with Crippen LogP contribution in [-0.4, -0.2) is 57.3 Å². The molecule has 0 unspecified atom stereocenters. The molecule has 2 N–H and O–H groups in total. The standard InChI is InChI=1S/C20H31N3O4S/c1-19(2,3)27-18(26)23-13(10-22-17(25)14-11-21-12-28-14)9-20(4)15(23)7-5-6-8-16(20)24/h11-13,15-16,24H,5-10H2,1-4H3,(H,22,25)/t13-,15-,16+,20-/m1/s1. The summed E-state index contributed by atoms with van der Waals surface area (Å²) in [6, 6.07) is -0.306. The van der Waals surface area contributed by atoms with Crippen LogP contribution in [0.25, 0.3) is 0 Å². The SMILES string of the molecule is CC(C)(C)OC(=O)N1[C@@H](CNC(=O)c2cncs2)C[C@@]2(C)[C@@H](O)CCCC[C@@H]12. The van der Waals surface area contributed by atoms with Gasteiger partial charge in [-0.3, -0.25) is 14.7 Å². The molecule has 0 aromatic carbocycles. The first kappa shape index (κ1) is 21.0. The number of nitrogens with zero attached hydrogens (tertiary/aromatic N) is 2. The first-order chi connectivity index (χ1) is 13.1. The van der Waals surface area contributed by atoms with Gasteiger partial charge in [0.25, 0.3) is 5.91 Å². The Bertz CT molecular complexity index is 703. The molecular weight excluding hydrogens is 378 g/mol. The van der Waals surface area contributed by atoms with Crippen LogP contribution in [0.1, 0.15) is 69.5 Å². The number of nitrogens with one attached hydrogen (secondary N) is 1. The van der Waals surface area contributed by atoms with Crippen LogP contribution in [0.4, 0.5) is 4.79 Å². The van der Waals surface area contributed by atoms with Gasteiger partial charge in [0.1, 0.15) is 10.5 Å². The molecule has 2 fully saturated rings. The van der Waals surface area contributed by atoms with Crippen LogP contribution in [0.3, 0.4) is 0 Å². The van der Waals surface area contributed by atoms with Gasteiger partial charge >= 0.3 is 6.09 Å². The third kappa shape index (κ3) is 4.33. The van der Waals surface area contributed by atoms with Crippen molar-refractivity contribution in [3.63, 3.8) is 0 Å². The van der Waals surface area contributed by atoms with Crippen molar-refractivity contribution >= 4 is 23.3 Å². The number of carbonyl (C=O) groups excluding carboxylic acids is 2. The Labute approximate surface area is 170 Å².